The molecule has 9 heteroatoms. The van der Waals surface area contributed by atoms with E-state index in [0.29, 0.717) is 30.6 Å². The van der Waals surface area contributed by atoms with Gasteiger partial charge in [0.25, 0.3) is 5.91 Å². The van der Waals surface area contributed by atoms with Gasteiger partial charge in [-0.2, -0.15) is 0 Å². The summed E-state index contributed by atoms with van der Waals surface area (Å²) < 4.78 is 10.3. The molecule has 158 valence electrons. The van der Waals surface area contributed by atoms with Gasteiger partial charge >= 0.3 is 5.97 Å². The van der Waals surface area contributed by atoms with Crippen molar-refractivity contribution in [1.82, 2.24) is 4.90 Å². The minimum atomic E-state index is -0.746. The number of ketones is 1. The molecule has 2 heterocycles. The molecule has 1 saturated heterocycles. The standard InChI is InChI=1S/C21H22N2O6S/c1-13(24)22-15-11-14(7-8-19(15)30-2)17(25)12-29-21(27)16-5-3-9-23(16)20(26)18-6-4-10-28-18/h4,6-8,10-11,16H,3,5,9,12H2,1-2H3,(H,22,24)/t16-/m0/s1. The molecule has 0 spiro atoms. The van der Waals surface area contributed by atoms with Crippen molar-refractivity contribution in [3.05, 3.63) is 47.9 Å². The molecule has 0 saturated carbocycles. The quantitative estimate of drug-likeness (QED) is 0.409. The summed E-state index contributed by atoms with van der Waals surface area (Å²) in [6, 6.07) is 7.31. The summed E-state index contributed by atoms with van der Waals surface area (Å²) in [4.78, 5) is 51.1. The summed E-state index contributed by atoms with van der Waals surface area (Å²) in [7, 11) is 0. The zero-order valence-electron chi connectivity index (χ0n) is 16.7. The number of carbonyl (C=O) groups is 4. The van der Waals surface area contributed by atoms with E-state index in [0.717, 1.165) is 4.90 Å². The van der Waals surface area contributed by atoms with Crippen molar-refractivity contribution in [1.29, 1.82) is 0 Å². The van der Waals surface area contributed by atoms with Gasteiger partial charge in [0.1, 0.15) is 6.04 Å². The van der Waals surface area contributed by atoms with Crippen LogP contribution < -0.4 is 5.32 Å². The van der Waals surface area contributed by atoms with E-state index < -0.39 is 24.4 Å². The fourth-order valence-electron chi connectivity index (χ4n) is 3.28. The van der Waals surface area contributed by atoms with Gasteiger partial charge in [-0.05, 0) is 43.4 Å². The highest BCUT2D eigenvalue weighted by atomic mass is 32.2. The maximum atomic E-state index is 12.5. The van der Waals surface area contributed by atoms with Crippen molar-refractivity contribution in [2.45, 2.75) is 30.7 Å². The van der Waals surface area contributed by atoms with E-state index in [1.54, 1.807) is 24.3 Å². The lowest BCUT2D eigenvalue weighted by molar-refractivity contribution is -0.147. The van der Waals surface area contributed by atoms with Crippen LogP contribution >= 0.6 is 11.8 Å². The molecule has 1 aromatic carbocycles. The van der Waals surface area contributed by atoms with Gasteiger partial charge in [0.15, 0.2) is 18.2 Å². The fourth-order valence-corrected chi connectivity index (χ4v) is 3.82. The first-order valence-corrected chi connectivity index (χ1v) is 10.6. The molecule has 1 fully saturated rings. The summed E-state index contributed by atoms with van der Waals surface area (Å²) in [6.07, 6.45) is 4.39. The molecule has 1 atom stereocenters. The zero-order chi connectivity index (χ0) is 21.7. The molecule has 0 bridgehead atoms. The molecular weight excluding hydrogens is 408 g/mol. The van der Waals surface area contributed by atoms with Crippen molar-refractivity contribution in [3.63, 3.8) is 0 Å². The summed E-state index contributed by atoms with van der Waals surface area (Å²) in [6.45, 7) is 1.36. The van der Waals surface area contributed by atoms with Crippen LogP contribution in [0.2, 0.25) is 0 Å². The number of thioether (sulfide) groups is 1. The number of nitrogens with one attached hydrogen (secondary N) is 1. The largest absolute Gasteiger partial charge is 0.459 e. The molecule has 0 unspecified atom stereocenters. The van der Waals surface area contributed by atoms with Gasteiger partial charge < -0.3 is 19.4 Å². The van der Waals surface area contributed by atoms with Crippen LogP contribution in [-0.2, 0) is 14.3 Å². The fraction of sp³-hybridized carbons (Fsp3) is 0.333. The molecule has 3 rings (SSSR count). The van der Waals surface area contributed by atoms with Crippen molar-refractivity contribution in [3.8, 4) is 0 Å². The number of amides is 2. The van der Waals surface area contributed by atoms with E-state index in [1.165, 1.54) is 35.9 Å². The van der Waals surface area contributed by atoms with Crippen LogP contribution in [0.25, 0.3) is 0 Å². The lowest BCUT2D eigenvalue weighted by atomic mass is 10.1. The van der Waals surface area contributed by atoms with Gasteiger partial charge in [-0.15, -0.1) is 11.8 Å². The minimum absolute atomic E-state index is 0.158. The van der Waals surface area contributed by atoms with Crippen molar-refractivity contribution >= 4 is 41.0 Å². The maximum Gasteiger partial charge on any atom is 0.329 e. The zero-order valence-corrected chi connectivity index (χ0v) is 17.5. The SMILES string of the molecule is CSc1ccc(C(=O)COC(=O)[C@@H]2CCCN2C(=O)c2ccco2)cc1NC(C)=O. The Hall–Kier alpha value is -3.07. The average molecular weight is 430 g/mol. The van der Waals surface area contributed by atoms with Crippen LogP contribution in [0.5, 0.6) is 0 Å². The highest BCUT2D eigenvalue weighted by molar-refractivity contribution is 7.98. The van der Waals surface area contributed by atoms with E-state index in [4.69, 9.17) is 9.15 Å². The first kappa shape index (κ1) is 21.6. The Bertz CT molecular complexity index is 956. The number of hydrogen-bond donors (Lipinski definition) is 1. The lowest BCUT2D eigenvalue weighted by Crippen LogP contribution is -2.41. The maximum absolute atomic E-state index is 12.5. The van der Waals surface area contributed by atoms with Crippen molar-refractivity contribution < 1.29 is 28.3 Å². The van der Waals surface area contributed by atoms with Crippen molar-refractivity contribution in [2.24, 2.45) is 0 Å². The van der Waals surface area contributed by atoms with Crippen LogP contribution in [0.15, 0.2) is 45.9 Å². The number of hydrogen-bond acceptors (Lipinski definition) is 7. The van der Waals surface area contributed by atoms with E-state index in [1.807, 2.05) is 6.26 Å². The number of likely N-dealkylation sites (tertiary alicyclic amines) is 1. The molecule has 2 amide bonds. The predicted octanol–water partition coefficient (Wildman–Crippen LogP) is 2.99. The highest BCUT2D eigenvalue weighted by Gasteiger charge is 2.36. The number of anilines is 1. The van der Waals surface area contributed by atoms with Gasteiger partial charge in [-0.25, -0.2) is 4.79 Å². The summed E-state index contributed by atoms with van der Waals surface area (Å²) in [5.74, 6) is -1.49. The first-order valence-electron chi connectivity index (χ1n) is 9.40. The normalized spacial score (nSPS) is 15.7. The second-order valence-electron chi connectivity index (χ2n) is 6.76. The number of furan rings is 1. The van der Waals surface area contributed by atoms with E-state index >= 15 is 0 Å². The summed E-state index contributed by atoms with van der Waals surface area (Å²) in [5.41, 5.74) is 0.845. The number of nitrogens with zero attached hydrogens (tertiary/aromatic N) is 1. The number of esters is 1. The topological polar surface area (TPSA) is 106 Å². The van der Waals surface area contributed by atoms with Gasteiger partial charge in [0.05, 0.1) is 12.0 Å². The molecule has 1 aliphatic heterocycles. The second kappa shape index (κ2) is 9.62. The molecule has 0 aliphatic carbocycles. The Labute approximate surface area is 177 Å². The van der Waals surface area contributed by atoms with Gasteiger partial charge in [0, 0.05) is 23.9 Å². The molecule has 1 N–H and O–H groups in total. The number of benzene rings is 1. The lowest BCUT2D eigenvalue weighted by Gasteiger charge is -2.22. The van der Waals surface area contributed by atoms with Crippen LogP contribution in [0.3, 0.4) is 0 Å². The van der Waals surface area contributed by atoms with Gasteiger partial charge in [-0.3, -0.25) is 14.4 Å². The third-order valence-corrected chi connectivity index (χ3v) is 5.49. The van der Waals surface area contributed by atoms with Crippen LogP contribution in [-0.4, -0.2) is 53.9 Å². The second-order valence-corrected chi connectivity index (χ2v) is 7.61. The monoisotopic (exact) mass is 430 g/mol. The molecule has 30 heavy (non-hydrogen) atoms. The van der Waals surface area contributed by atoms with Crippen LogP contribution in [0.1, 0.15) is 40.7 Å². The van der Waals surface area contributed by atoms with Crippen LogP contribution in [0, 0.1) is 0 Å². The molecule has 2 aromatic rings. The molecule has 0 radical (unpaired) electrons. The number of rotatable bonds is 7. The smallest absolute Gasteiger partial charge is 0.329 e. The minimum Gasteiger partial charge on any atom is -0.459 e. The Balaban J connectivity index is 1.63. The Morgan fingerprint density at radius 1 is 1.27 bits per heavy atom. The first-order chi connectivity index (χ1) is 14.4. The average Bonchev–Trinajstić information content (AvgIpc) is 3.43. The van der Waals surface area contributed by atoms with Gasteiger partial charge in [0.2, 0.25) is 5.91 Å². The third-order valence-electron chi connectivity index (χ3n) is 4.70. The summed E-state index contributed by atoms with van der Waals surface area (Å²) in [5, 5.41) is 2.69. The Morgan fingerprint density at radius 2 is 2.07 bits per heavy atom. The third kappa shape index (κ3) is 4.91. The molecule has 8 nitrogen and oxygen atoms in total. The number of ether oxygens (including phenoxy) is 1. The van der Waals surface area contributed by atoms with E-state index in [-0.39, 0.29) is 17.6 Å². The van der Waals surface area contributed by atoms with Crippen LogP contribution in [0.4, 0.5) is 5.69 Å². The Kier molecular flexibility index (Phi) is 6.94. The summed E-state index contributed by atoms with van der Waals surface area (Å²) >= 11 is 1.44. The molecular formula is C21H22N2O6S. The number of Topliss-reactive ketones (excluding diaryl/α,β-unsaturated/α-hetero) is 1. The highest BCUT2D eigenvalue weighted by Crippen LogP contribution is 2.27. The predicted molar refractivity (Wildman–Crippen MR) is 111 cm³/mol. The van der Waals surface area contributed by atoms with E-state index in [9.17, 15) is 19.2 Å². The number of carbonyl (C=O) groups excluding carboxylic acids is 4. The molecule has 1 aliphatic rings. The molecule has 1 aromatic heterocycles. The Morgan fingerprint density at radius 3 is 2.73 bits per heavy atom. The van der Waals surface area contributed by atoms with E-state index in [2.05, 4.69) is 5.32 Å². The van der Waals surface area contributed by atoms with Crippen molar-refractivity contribution in [2.75, 3.05) is 24.7 Å². The van der Waals surface area contributed by atoms with Gasteiger partial charge in [-0.1, -0.05) is 6.07 Å².